The summed E-state index contributed by atoms with van der Waals surface area (Å²) in [5.41, 5.74) is 0. The van der Waals surface area contributed by atoms with Crippen molar-refractivity contribution < 1.29 is 0 Å². The van der Waals surface area contributed by atoms with Gasteiger partial charge in [0.1, 0.15) is 0 Å². The van der Waals surface area contributed by atoms with Gasteiger partial charge < -0.3 is 58.7 Å². The van der Waals surface area contributed by atoms with Crippen LogP contribution in [0.3, 0.4) is 0 Å². The maximum atomic E-state index is 5.34. The van der Waals surface area contributed by atoms with Crippen molar-refractivity contribution in [3.05, 3.63) is 0 Å². The maximum absolute atomic E-state index is 5.34. The van der Waals surface area contributed by atoms with Gasteiger partial charge >= 0.3 is 0 Å². The molecule has 0 aromatic carbocycles. The third kappa shape index (κ3) is 25.9. The Morgan fingerprint density at radius 3 is 1.20 bits per heavy atom. The molecule has 0 saturated heterocycles. The molecule has 0 amide bonds. The van der Waals surface area contributed by atoms with Crippen molar-refractivity contribution >= 4 is 60.8 Å². The van der Waals surface area contributed by atoms with Crippen molar-refractivity contribution in [1.82, 2.24) is 0 Å². The van der Waals surface area contributed by atoms with Gasteiger partial charge in [0, 0.05) is 0 Å². The minimum absolute atomic E-state index is 1.09. The Labute approximate surface area is 60.4 Å². The molecule has 0 heterocycles. The smallest absolute Gasteiger partial charge is 0.265 e. The van der Waals surface area contributed by atoms with Crippen molar-refractivity contribution in [2.45, 2.75) is 0 Å². The summed E-state index contributed by atoms with van der Waals surface area (Å²) in [6, 6.07) is 0. The number of rotatable bonds is 0. The van der Waals surface area contributed by atoms with E-state index in [4.69, 9.17) is 11.5 Å². The summed E-state index contributed by atoms with van der Waals surface area (Å²) >= 11 is 14.5. The molecule has 0 aliphatic carbocycles. The van der Waals surface area contributed by atoms with Crippen molar-refractivity contribution in [1.29, 1.82) is 0 Å². The second-order valence-electron chi connectivity index (χ2n) is 0.495. The first kappa shape index (κ1) is 6.79. The van der Waals surface area contributed by atoms with Gasteiger partial charge in [0.05, 0.1) is 0 Å². The predicted octanol–water partition coefficient (Wildman–Crippen LogP) is 2.85. The van der Waals surface area contributed by atoms with Crippen molar-refractivity contribution in [2.75, 3.05) is 0 Å². The molecule has 0 radical (unpaired) electrons. The fourth-order valence-electron chi connectivity index (χ4n) is 0. The molecule has 0 unspecified atom stereocenters. The van der Waals surface area contributed by atoms with E-state index in [-0.39, 0.29) is 0 Å². The van der Waals surface area contributed by atoms with Crippen molar-refractivity contribution in [2.24, 2.45) is 0 Å². The lowest BCUT2D eigenvalue weighted by atomic mass is 10.7. The van der Waals surface area contributed by atoms with E-state index < -0.39 is 2.03 Å². The summed E-state index contributed by atoms with van der Waals surface area (Å²) in [7, 11) is 0. The molecule has 0 saturated carbocycles. The van der Waals surface area contributed by atoms with Crippen LogP contribution in [-0.4, -0.2) is 2.03 Å². The van der Waals surface area contributed by atoms with Gasteiger partial charge in [-0.1, -0.05) is 0 Å². The number of hydrogen-bond acceptors (Lipinski definition) is 0. The minimum atomic E-state index is -1.09. The Kier molecular flexibility index (Phi) is 2.98. The molecule has 0 N–H and O–H groups in total. The van der Waals surface area contributed by atoms with Gasteiger partial charge in [-0.3, -0.25) is 0 Å². The summed E-state index contributed by atoms with van der Waals surface area (Å²) in [4.78, 5) is 0. The Bertz CT molecular complexity index is 22.4. The van der Waals surface area contributed by atoms with Gasteiger partial charge in [-0.15, -0.1) is 0 Å². The predicted molar refractivity (Wildman–Crippen MR) is 38.4 cm³/mol. The largest absolute Gasteiger partial charge is 0.346 e. The highest BCUT2D eigenvalue weighted by atomic mass is 79.9. The van der Waals surface area contributed by atoms with Crippen molar-refractivity contribution in [3.63, 3.8) is 0 Å². The highest BCUT2D eigenvalue weighted by Crippen LogP contribution is 2.30. The molecule has 0 aliphatic heterocycles. The molecule has 5 heavy (non-hydrogen) atoms. The first-order valence-electron chi connectivity index (χ1n) is 0.873. The van der Waals surface area contributed by atoms with E-state index in [1.807, 2.05) is 0 Å². The van der Waals surface area contributed by atoms with Gasteiger partial charge in [0.2, 0.25) is 0 Å². The molecule has 32 valence electrons. The van der Waals surface area contributed by atoms with Crippen LogP contribution in [0.1, 0.15) is 0 Å². The Balaban J connectivity index is 3.02. The van der Waals surface area contributed by atoms with Crippen LogP contribution in [0, 0.1) is 0 Å². The summed E-state index contributed by atoms with van der Waals surface area (Å²) in [5.74, 6) is 0. The summed E-state index contributed by atoms with van der Waals surface area (Å²) in [6.07, 6.45) is 0. The monoisotopic (exact) mass is 283 g/mol. The minimum Gasteiger partial charge on any atom is -0.346 e. The number of halogens is 4. The van der Waals surface area contributed by atoms with Crippen LogP contribution < -0.4 is 0 Å². The van der Waals surface area contributed by atoms with Gasteiger partial charge in [0.15, 0.2) is 0 Å². The van der Waals surface area contributed by atoms with Crippen LogP contribution in [0.25, 0.3) is 0 Å². The van der Waals surface area contributed by atoms with E-state index in [1.54, 1.807) is 0 Å². The first-order valence-corrected chi connectivity index (χ1v) is 4.06. The normalized spacial score (nSPS) is 12.0. The summed E-state index contributed by atoms with van der Waals surface area (Å²) < 4.78 is -1.09. The molecule has 0 rings (SSSR count). The highest BCUT2D eigenvalue weighted by Gasteiger charge is 2.00. The topological polar surface area (TPSA) is 0 Å². The van der Waals surface area contributed by atoms with Gasteiger partial charge in [-0.25, -0.2) is 0 Å². The van der Waals surface area contributed by atoms with E-state index in [1.165, 1.54) is 0 Å². The third-order valence-corrected chi connectivity index (χ3v) is 0. The standard InChI is InChI=1S/BBr3Cl/c2-1(3,4)5/q-1. The van der Waals surface area contributed by atoms with Gasteiger partial charge in [0.25, 0.3) is 2.03 Å². The van der Waals surface area contributed by atoms with Crippen molar-refractivity contribution in [3.8, 4) is 0 Å². The lowest BCUT2D eigenvalue weighted by molar-refractivity contribution is 4.40. The van der Waals surface area contributed by atoms with Gasteiger partial charge in [-0.05, 0) is 0 Å². The fraction of sp³-hybridized carbons (Fsp3) is 0. The third-order valence-electron chi connectivity index (χ3n) is 0. The lowest BCUT2D eigenvalue weighted by Gasteiger charge is -2.04. The van der Waals surface area contributed by atoms with Crippen LogP contribution >= 0.6 is 58.7 Å². The Morgan fingerprint density at radius 1 is 1.20 bits per heavy atom. The van der Waals surface area contributed by atoms with Crippen LogP contribution in [0.5, 0.6) is 0 Å². The SMILES string of the molecule is Cl[B-](Br)(Br)Br. The zero-order chi connectivity index (χ0) is 4.50. The van der Waals surface area contributed by atoms with Crippen LogP contribution in [0.4, 0.5) is 0 Å². The molecule has 0 nitrogen and oxygen atoms in total. The molecule has 0 aromatic heterocycles. The molecule has 5 heteroatoms. The second-order valence-corrected chi connectivity index (χ2v) is 10.5. The molecule has 0 aromatic rings. The zero-order valence-electron chi connectivity index (χ0n) is 2.09. The molecular weight excluding hydrogens is 286 g/mol. The highest BCUT2D eigenvalue weighted by molar-refractivity contribution is 9.74. The van der Waals surface area contributed by atoms with E-state index in [0.717, 1.165) is 0 Å². The molecule has 0 fully saturated rings. The van der Waals surface area contributed by atoms with Crippen LogP contribution in [0.2, 0.25) is 0 Å². The van der Waals surface area contributed by atoms with E-state index in [2.05, 4.69) is 47.3 Å². The van der Waals surface area contributed by atoms with E-state index >= 15 is 0 Å². The van der Waals surface area contributed by atoms with E-state index in [0.29, 0.717) is 0 Å². The quantitative estimate of drug-likeness (QED) is 0.601. The second kappa shape index (κ2) is 2.19. The molecular formula is BBr3Cl-. The average molecular weight is 286 g/mol. The zero-order valence-corrected chi connectivity index (χ0v) is 7.60. The number of hydrogen-bond donors (Lipinski definition) is 0. The van der Waals surface area contributed by atoms with E-state index in [9.17, 15) is 0 Å². The first-order chi connectivity index (χ1) is 2.00. The Morgan fingerprint density at radius 2 is 1.20 bits per heavy atom. The maximum Gasteiger partial charge on any atom is 0.265 e. The summed E-state index contributed by atoms with van der Waals surface area (Å²) in [5, 5.41) is 0. The van der Waals surface area contributed by atoms with Crippen LogP contribution in [-0.2, 0) is 0 Å². The molecule has 0 aliphatic rings. The Hall–Kier alpha value is 1.79. The molecule has 0 bridgehead atoms. The molecule has 0 atom stereocenters. The molecule has 0 spiro atoms. The van der Waals surface area contributed by atoms with Gasteiger partial charge in [-0.2, -0.15) is 0 Å². The fourth-order valence-corrected chi connectivity index (χ4v) is 0. The summed E-state index contributed by atoms with van der Waals surface area (Å²) in [6.45, 7) is 0. The average Bonchev–Trinajstić information content (AvgIpc) is 0.722. The lowest BCUT2D eigenvalue weighted by Crippen LogP contribution is -1.87. The van der Waals surface area contributed by atoms with Crippen LogP contribution in [0.15, 0.2) is 0 Å².